The van der Waals surface area contributed by atoms with Gasteiger partial charge in [-0.05, 0) is 6.54 Å². The van der Waals surface area contributed by atoms with Gasteiger partial charge in [-0.2, -0.15) is 5.10 Å². The Morgan fingerprint density at radius 2 is 1.95 bits per heavy atom. The highest BCUT2D eigenvalue weighted by atomic mass is 15.3. The largest absolute Gasteiger partial charge is 0.313 e. The number of hydrogen-bond donors (Lipinski definition) is 1. The number of nitrogens with zero attached hydrogens (tertiary/aromatic N) is 4. The molecule has 1 N–H and O–H groups in total. The summed E-state index contributed by atoms with van der Waals surface area (Å²) in [6.07, 6.45) is 6.95. The molecule has 2 heterocycles. The zero-order valence-electron chi connectivity index (χ0n) is 11.9. The topological polar surface area (TPSA) is 55.6 Å². The molecule has 106 valence electrons. The van der Waals surface area contributed by atoms with Crippen molar-refractivity contribution in [3.63, 3.8) is 0 Å². The van der Waals surface area contributed by atoms with Crippen LogP contribution in [0.2, 0.25) is 0 Å². The number of hydrogen-bond acceptors (Lipinski definition) is 4. The Labute approximate surface area is 123 Å². The summed E-state index contributed by atoms with van der Waals surface area (Å²) in [6, 6.07) is 10.2. The van der Waals surface area contributed by atoms with E-state index in [9.17, 15) is 0 Å². The molecule has 1 aromatic carbocycles. The lowest BCUT2D eigenvalue weighted by Gasteiger charge is -2.09. The quantitative estimate of drug-likeness (QED) is 0.779. The second-order valence-corrected chi connectivity index (χ2v) is 4.64. The zero-order valence-corrected chi connectivity index (χ0v) is 11.9. The van der Waals surface area contributed by atoms with Crippen molar-refractivity contribution >= 4 is 0 Å². The van der Waals surface area contributed by atoms with Gasteiger partial charge in [0.25, 0.3) is 0 Å². The molecule has 0 spiro atoms. The van der Waals surface area contributed by atoms with Gasteiger partial charge >= 0.3 is 0 Å². The first-order valence-electron chi connectivity index (χ1n) is 6.99. The Morgan fingerprint density at radius 1 is 1.10 bits per heavy atom. The van der Waals surface area contributed by atoms with Crippen molar-refractivity contribution in [2.24, 2.45) is 0 Å². The van der Waals surface area contributed by atoms with Crippen molar-refractivity contribution in [3.05, 3.63) is 60.7 Å². The summed E-state index contributed by atoms with van der Waals surface area (Å²) in [5.74, 6) is 0.721. The van der Waals surface area contributed by atoms with Crippen LogP contribution in [0, 0.1) is 0 Å². The SMILES string of the molecule is CCNCc1cnn(-c2cnccn2)c1-c1ccccc1. The molecule has 5 heteroatoms. The molecule has 0 amide bonds. The molecule has 3 rings (SSSR count). The fourth-order valence-corrected chi connectivity index (χ4v) is 2.25. The molecule has 5 nitrogen and oxygen atoms in total. The van der Waals surface area contributed by atoms with Crippen molar-refractivity contribution < 1.29 is 0 Å². The zero-order chi connectivity index (χ0) is 14.5. The van der Waals surface area contributed by atoms with E-state index >= 15 is 0 Å². The van der Waals surface area contributed by atoms with Gasteiger partial charge in [0.2, 0.25) is 0 Å². The van der Waals surface area contributed by atoms with Crippen molar-refractivity contribution in [2.45, 2.75) is 13.5 Å². The smallest absolute Gasteiger partial charge is 0.172 e. The third-order valence-corrected chi connectivity index (χ3v) is 3.22. The summed E-state index contributed by atoms with van der Waals surface area (Å²) >= 11 is 0. The first-order chi connectivity index (χ1) is 10.4. The fourth-order valence-electron chi connectivity index (χ4n) is 2.25. The van der Waals surface area contributed by atoms with Crippen LogP contribution >= 0.6 is 0 Å². The summed E-state index contributed by atoms with van der Waals surface area (Å²) in [7, 11) is 0. The summed E-state index contributed by atoms with van der Waals surface area (Å²) in [5, 5.41) is 7.84. The summed E-state index contributed by atoms with van der Waals surface area (Å²) in [5.41, 5.74) is 3.32. The van der Waals surface area contributed by atoms with Crippen LogP contribution in [0.15, 0.2) is 55.1 Å². The van der Waals surface area contributed by atoms with Crippen molar-refractivity contribution in [2.75, 3.05) is 6.54 Å². The molecular weight excluding hydrogens is 262 g/mol. The van der Waals surface area contributed by atoms with E-state index in [0.717, 1.165) is 35.7 Å². The molecule has 0 atom stereocenters. The van der Waals surface area contributed by atoms with E-state index in [1.807, 2.05) is 29.1 Å². The van der Waals surface area contributed by atoms with Crippen LogP contribution in [0.25, 0.3) is 17.1 Å². The Bertz CT molecular complexity index is 691. The van der Waals surface area contributed by atoms with Crippen LogP contribution in [-0.2, 0) is 6.54 Å². The monoisotopic (exact) mass is 279 g/mol. The number of aromatic nitrogens is 4. The lowest BCUT2D eigenvalue weighted by Crippen LogP contribution is -2.12. The van der Waals surface area contributed by atoms with Crippen molar-refractivity contribution in [1.29, 1.82) is 0 Å². The van der Waals surface area contributed by atoms with Gasteiger partial charge in [0.15, 0.2) is 5.82 Å². The van der Waals surface area contributed by atoms with Gasteiger partial charge in [-0.25, -0.2) is 9.67 Å². The second-order valence-electron chi connectivity index (χ2n) is 4.64. The molecule has 0 radical (unpaired) electrons. The minimum Gasteiger partial charge on any atom is -0.313 e. The Balaban J connectivity index is 2.11. The van der Waals surface area contributed by atoms with E-state index in [-0.39, 0.29) is 0 Å². The van der Waals surface area contributed by atoms with E-state index in [1.54, 1.807) is 18.6 Å². The molecule has 0 aliphatic heterocycles. The standard InChI is InChI=1S/C16H17N5/c1-2-17-10-14-11-20-21(15-12-18-8-9-19-15)16(14)13-6-4-3-5-7-13/h3-9,11-12,17H,2,10H2,1H3. The maximum atomic E-state index is 4.49. The molecule has 0 saturated heterocycles. The minimum atomic E-state index is 0.721. The molecule has 2 aromatic heterocycles. The predicted octanol–water partition coefficient (Wildman–Crippen LogP) is 2.44. The van der Waals surface area contributed by atoms with E-state index in [1.165, 1.54) is 0 Å². The van der Waals surface area contributed by atoms with Crippen molar-refractivity contribution in [3.8, 4) is 17.1 Å². The molecule has 0 aliphatic rings. The molecule has 0 aliphatic carbocycles. The van der Waals surface area contributed by atoms with Gasteiger partial charge in [-0.1, -0.05) is 37.3 Å². The minimum absolute atomic E-state index is 0.721. The van der Waals surface area contributed by atoms with E-state index in [2.05, 4.69) is 39.4 Å². The molecule has 0 saturated carbocycles. The third kappa shape index (κ3) is 2.83. The van der Waals surface area contributed by atoms with E-state index < -0.39 is 0 Å². The van der Waals surface area contributed by atoms with Crippen LogP contribution in [0.4, 0.5) is 0 Å². The van der Waals surface area contributed by atoms with E-state index in [4.69, 9.17) is 0 Å². The van der Waals surface area contributed by atoms with Gasteiger partial charge < -0.3 is 5.32 Å². The normalized spacial score (nSPS) is 10.7. The summed E-state index contributed by atoms with van der Waals surface area (Å²) < 4.78 is 1.84. The fraction of sp³-hybridized carbons (Fsp3) is 0.188. The van der Waals surface area contributed by atoms with Crippen LogP contribution in [-0.4, -0.2) is 26.3 Å². The lowest BCUT2D eigenvalue weighted by atomic mass is 10.1. The Kier molecular flexibility index (Phi) is 4.02. The lowest BCUT2D eigenvalue weighted by molar-refractivity contribution is 0.727. The van der Waals surface area contributed by atoms with Crippen molar-refractivity contribution in [1.82, 2.24) is 25.1 Å². The summed E-state index contributed by atoms with van der Waals surface area (Å²) in [4.78, 5) is 8.47. The summed E-state index contributed by atoms with van der Waals surface area (Å²) in [6.45, 7) is 3.79. The highest BCUT2D eigenvalue weighted by molar-refractivity contribution is 5.65. The Morgan fingerprint density at radius 3 is 2.67 bits per heavy atom. The maximum absolute atomic E-state index is 4.49. The van der Waals surface area contributed by atoms with Gasteiger partial charge in [0.1, 0.15) is 0 Å². The number of nitrogens with one attached hydrogen (secondary N) is 1. The molecule has 0 bridgehead atoms. The molecule has 21 heavy (non-hydrogen) atoms. The van der Waals surface area contributed by atoms with Gasteiger partial charge in [0, 0.05) is 30.1 Å². The first-order valence-corrected chi connectivity index (χ1v) is 6.99. The second kappa shape index (κ2) is 6.28. The average Bonchev–Trinajstić information content (AvgIpc) is 2.98. The van der Waals surface area contributed by atoms with Gasteiger partial charge in [-0.3, -0.25) is 4.98 Å². The maximum Gasteiger partial charge on any atom is 0.172 e. The number of rotatable bonds is 5. The highest BCUT2D eigenvalue weighted by Crippen LogP contribution is 2.25. The molecular formula is C16H17N5. The highest BCUT2D eigenvalue weighted by Gasteiger charge is 2.14. The first kappa shape index (κ1) is 13.5. The van der Waals surface area contributed by atoms with E-state index in [0.29, 0.717) is 0 Å². The average molecular weight is 279 g/mol. The van der Waals surface area contributed by atoms with Crippen LogP contribution in [0.3, 0.4) is 0 Å². The molecule has 0 unspecified atom stereocenters. The molecule has 0 fully saturated rings. The van der Waals surface area contributed by atoms with Crippen LogP contribution < -0.4 is 5.32 Å². The van der Waals surface area contributed by atoms with Gasteiger partial charge in [0.05, 0.1) is 18.1 Å². The van der Waals surface area contributed by atoms with Gasteiger partial charge in [-0.15, -0.1) is 0 Å². The third-order valence-electron chi connectivity index (χ3n) is 3.22. The predicted molar refractivity (Wildman–Crippen MR) is 82.0 cm³/mol. The number of benzene rings is 1. The van der Waals surface area contributed by atoms with Crippen LogP contribution in [0.1, 0.15) is 12.5 Å². The molecule has 3 aromatic rings. The Hall–Kier alpha value is -2.53. The van der Waals surface area contributed by atoms with Crippen LogP contribution in [0.5, 0.6) is 0 Å².